The van der Waals surface area contributed by atoms with Gasteiger partial charge >= 0.3 is 12.0 Å². The third-order valence-electron chi connectivity index (χ3n) is 3.34. The highest BCUT2D eigenvalue weighted by Crippen LogP contribution is 2.20. The van der Waals surface area contributed by atoms with Gasteiger partial charge in [0.25, 0.3) is 0 Å². The Morgan fingerprint density at radius 1 is 1.38 bits per heavy atom. The lowest BCUT2D eigenvalue weighted by Crippen LogP contribution is -2.46. The number of nitrogens with one attached hydrogen (secondary N) is 1. The maximum absolute atomic E-state index is 11.9. The number of piperidine rings is 1. The summed E-state index contributed by atoms with van der Waals surface area (Å²) in [6.07, 6.45) is 2.58. The number of carboxylic acid groups (broad SMARTS) is 1. The van der Waals surface area contributed by atoms with Gasteiger partial charge in [0.1, 0.15) is 6.61 Å². The van der Waals surface area contributed by atoms with Gasteiger partial charge in [-0.2, -0.15) is 0 Å². The van der Waals surface area contributed by atoms with Crippen LogP contribution in [-0.2, 0) is 14.3 Å². The number of hydrogen-bond acceptors (Lipinski definition) is 4. The van der Waals surface area contributed by atoms with E-state index in [-0.39, 0.29) is 31.6 Å². The molecule has 21 heavy (non-hydrogen) atoms. The Hall–Kier alpha value is -1.83. The quantitative estimate of drug-likeness (QED) is 0.535. The second-order valence-electron chi connectivity index (χ2n) is 5.14. The van der Waals surface area contributed by atoms with Crippen LogP contribution >= 0.6 is 0 Å². The van der Waals surface area contributed by atoms with Crippen LogP contribution in [0.3, 0.4) is 0 Å². The Morgan fingerprint density at radius 2 is 2.14 bits per heavy atom. The maximum Gasteiger partial charge on any atom is 0.317 e. The molecule has 1 fully saturated rings. The van der Waals surface area contributed by atoms with Gasteiger partial charge in [-0.3, -0.25) is 9.59 Å². The monoisotopic (exact) mass is 301 g/mol. The summed E-state index contributed by atoms with van der Waals surface area (Å²) >= 11 is 0. The molecule has 0 saturated carbocycles. The van der Waals surface area contributed by atoms with Crippen LogP contribution in [0.15, 0.2) is 0 Å². The molecule has 120 valence electrons. The van der Waals surface area contributed by atoms with Gasteiger partial charge < -0.3 is 25.8 Å². The molecule has 1 rings (SSSR count). The van der Waals surface area contributed by atoms with E-state index in [0.717, 1.165) is 12.8 Å². The highest BCUT2D eigenvalue weighted by atomic mass is 16.5. The number of carboxylic acids is 1. The number of carbonyl (C=O) groups is 3. The molecule has 1 aliphatic rings. The average molecular weight is 301 g/mol. The summed E-state index contributed by atoms with van der Waals surface area (Å²) < 4.78 is 4.95. The number of primary amides is 1. The van der Waals surface area contributed by atoms with Gasteiger partial charge in [-0.25, -0.2) is 4.79 Å². The Bertz CT molecular complexity index is 375. The zero-order valence-electron chi connectivity index (χ0n) is 12.0. The van der Waals surface area contributed by atoms with E-state index in [4.69, 9.17) is 15.6 Å². The lowest BCUT2D eigenvalue weighted by atomic mass is 9.93. The van der Waals surface area contributed by atoms with Gasteiger partial charge in [0.15, 0.2) is 0 Å². The van der Waals surface area contributed by atoms with Crippen LogP contribution in [0.2, 0.25) is 0 Å². The Kier molecular flexibility index (Phi) is 7.52. The first-order valence-electron chi connectivity index (χ1n) is 7.09. The number of nitrogens with zero attached hydrogens (tertiary/aromatic N) is 1. The second-order valence-corrected chi connectivity index (χ2v) is 5.14. The van der Waals surface area contributed by atoms with Crippen molar-refractivity contribution < 1.29 is 24.2 Å². The molecule has 0 spiro atoms. The first-order chi connectivity index (χ1) is 9.99. The first-order valence-corrected chi connectivity index (χ1v) is 7.09. The molecule has 8 nitrogen and oxygen atoms in total. The molecule has 4 N–H and O–H groups in total. The van der Waals surface area contributed by atoms with Gasteiger partial charge in [0.2, 0.25) is 5.91 Å². The molecule has 0 aromatic rings. The lowest BCUT2D eigenvalue weighted by molar-refractivity contribution is -0.137. The van der Waals surface area contributed by atoms with Crippen LogP contribution < -0.4 is 11.1 Å². The van der Waals surface area contributed by atoms with Crippen LogP contribution in [-0.4, -0.2) is 60.8 Å². The van der Waals surface area contributed by atoms with Crippen molar-refractivity contribution in [3.05, 3.63) is 0 Å². The minimum Gasteiger partial charge on any atom is -0.481 e. The molecule has 1 heterocycles. The highest BCUT2D eigenvalue weighted by molar-refractivity contribution is 5.75. The predicted octanol–water partition coefficient (Wildman–Crippen LogP) is -0.225. The Labute approximate surface area is 123 Å². The molecule has 8 heteroatoms. The molecule has 1 saturated heterocycles. The molecule has 3 amide bonds. The van der Waals surface area contributed by atoms with E-state index in [9.17, 15) is 14.4 Å². The molecule has 0 aromatic heterocycles. The Morgan fingerprint density at radius 3 is 2.81 bits per heavy atom. The van der Waals surface area contributed by atoms with Crippen LogP contribution in [0.1, 0.15) is 25.7 Å². The molecule has 1 aliphatic heterocycles. The number of likely N-dealkylation sites (tertiary alicyclic amines) is 1. The smallest absolute Gasteiger partial charge is 0.317 e. The van der Waals surface area contributed by atoms with E-state index in [1.54, 1.807) is 4.90 Å². The van der Waals surface area contributed by atoms with Crippen molar-refractivity contribution in [1.82, 2.24) is 10.2 Å². The molecule has 1 unspecified atom stereocenters. The molecule has 0 aromatic carbocycles. The van der Waals surface area contributed by atoms with E-state index in [1.807, 2.05) is 0 Å². The number of carbonyl (C=O) groups excluding carboxylic acids is 2. The molecule has 0 aliphatic carbocycles. The van der Waals surface area contributed by atoms with Crippen molar-refractivity contribution in [2.24, 2.45) is 11.7 Å². The van der Waals surface area contributed by atoms with Gasteiger partial charge in [0, 0.05) is 26.1 Å². The number of hydrogen-bond donors (Lipinski definition) is 3. The molecule has 1 atom stereocenters. The van der Waals surface area contributed by atoms with Gasteiger partial charge in [-0.05, 0) is 25.2 Å². The number of aliphatic carboxylic acids is 1. The number of rotatable bonds is 8. The Balaban J connectivity index is 2.20. The summed E-state index contributed by atoms with van der Waals surface area (Å²) in [7, 11) is 0. The first kappa shape index (κ1) is 17.2. The number of nitrogens with two attached hydrogens (primary N) is 1. The van der Waals surface area contributed by atoms with Crippen LogP contribution in [0.5, 0.6) is 0 Å². The predicted molar refractivity (Wildman–Crippen MR) is 74.6 cm³/mol. The van der Waals surface area contributed by atoms with Crippen molar-refractivity contribution >= 4 is 17.9 Å². The van der Waals surface area contributed by atoms with E-state index >= 15 is 0 Å². The van der Waals surface area contributed by atoms with E-state index in [1.165, 1.54) is 0 Å². The average Bonchev–Trinajstić information content (AvgIpc) is 2.44. The summed E-state index contributed by atoms with van der Waals surface area (Å²) in [5.41, 5.74) is 4.92. The zero-order chi connectivity index (χ0) is 15.7. The molecular weight excluding hydrogens is 278 g/mol. The van der Waals surface area contributed by atoms with Gasteiger partial charge in [0.05, 0.1) is 6.61 Å². The maximum atomic E-state index is 11.9. The summed E-state index contributed by atoms with van der Waals surface area (Å²) in [6.45, 7) is 1.64. The minimum atomic E-state index is -0.803. The van der Waals surface area contributed by atoms with E-state index in [0.29, 0.717) is 26.1 Å². The SMILES string of the molecule is NC(=O)COCCNC(=O)N1CCCC(CCC(=O)O)C1. The molecule has 0 radical (unpaired) electrons. The minimum absolute atomic E-state index is 0.140. The summed E-state index contributed by atoms with van der Waals surface area (Å²) in [5, 5.41) is 11.4. The van der Waals surface area contributed by atoms with Crippen molar-refractivity contribution in [2.45, 2.75) is 25.7 Å². The number of amides is 3. The summed E-state index contributed by atoms with van der Waals surface area (Å²) in [5.74, 6) is -1.10. The zero-order valence-corrected chi connectivity index (χ0v) is 12.0. The van der Waals surface area contributed by atoms with Crippen molar-refractivity contribution in [3.63, 3.8) is 0 Å². The van der Waals surface area contributed by atoms with Crippen LogP contribution in [0, 0.1) is 5.92 Å². The van der Waals surface area contributed by atoms with Gasteiger partial charge in [-0.15, -0.1) is 0 Å². The standard InChI is InChI=1S/C13H23N3O5/c14-11(17)9-21-7-5-15-13(20)16-6-1-2-10(8-16)3-4-12(18)19/h10H,1-9H2,(H2,14,17)(H,15,20)(H,18,19). The third kappa shape index (κ3) is 7.50. The topological polar surface area (TPSA) is 122 Å². The van der Waals surface area contributed by atoms with Crippen LogP contribution in [0.25, 0.3) is 0 Å². The fourth-order valence-electron chi connectivity index (χ4n) is 2.33. The fourth-order valence-corrected chi connectivity index (χ4v) is 2.33. The second kappa shape index (κ2) is 9.17. The molecule has 0 bridgehead atoms. The summed E-state index contributed by atoms with van der Waals surface area (Å²) in [6, 6.07) is -0.183. The van der Waals surface area contributed by atoms with Crippen molar-refractivity contribution in [1.29, 1.82) is 0 Å². The normalized spacial score (nSPS) is 18.3. The van der Waals surface area contributed by atoms with Crippen molar-refractivity contribution in [2.75, 3.05) is 32.8 Å². The number of ether oxygens (including phenoxy) is 1. The van der Waals surface area contributed by atoms with Crippen molar-refractivity contribution in [3.8, 4) is 0 Å². The number of urea groups is 1. The fraction of sp³-hybridized carbons (Fsp3) is 0.769. The highest BCUT2D eigenvalue weighted by Gasteiger charge is 2.23. The van der Waals surface area contributed by atoms with E-state index < -0.39 is 11.9 Å². The molecular formula is C13H23N3O5. The van der Waals surface area contributed by atoms with E-state index in [2.05, 4.69) is 5.32 Å². The lowest BCUT2D eigenvalue weighted by Gasteiger charge is -2.32. The van der Waals surface area contributed by atoms with Gasteiger partial charge in [-0.1, -0.05) is 0 Å². The summed E-state index contributed by atoms with van der Waals surface area (Å²) in [4.78, 5) is 34.6. The third-order valence-corrected chi connectivity index (χ3v) is 3.34. The van der Waals surface area contributed by atoms with Crippen LogP contribution in [0.4, 0.5) is 4.79 Å². The largest absolute Gasteiger partial charge is 0.481 e.